The minimum absolute atomic E-state index is 0.386. The smallest absolute Gasteiger partial charge is 0.161 e. The van der Waals surface area contributed by atoms with E-state index >= 15 is 0 Å². The molecule has 0 saturated heterocycles. The molecular weight excluding hydrogens is 248 g/mol. The molecule has 0 radical (unpaired) electrons. The number of hydrogen-bond acceptors (Lipinski definition) is 5. The molecule has 0 aromatic carbocycles. The Morgan fingerprint density at radius 1 is 1.56 bits per heavy atom. The molecule has 0 amide bonds. The first-order chi connectivity index (χ1) is 8.69. The maximum Gasteiger partial charge on any atom is 0.161 e. The van der Waals surface area contributed by atoms with Crippen molar-refractivity contribution in [3.8, 4) is 0 Å². The summed E-state index contributed by atoms with van der Waals surface area (Å²) in [4.78, 5) is 4.64. The van der Waals surface area contributed by atoms with Gasteiger partial charge >= 0.3 is 0 Å². The van der Waals surface area contributed by atoms with Gasteiger partial charge in [-0.2, -0.15) is 5.10 Å². The van der Waals surface area contributed by atoms with Gasteiger partial charge in [-0.15, -0.1) is 0 Å². The SMILES string of the molecule is COCCn1cc(NC2=NC(C)C(C)CS2)cn1. The monoisotopic (exact) mass is 268 g/mol. The summed E-state index contributed by atoms with van der Waals surface area (Å²) in [6.45, 7) is 5.84. The summed E-state index contributed by atoms with van der Waals surface area (Å²) in [6, 6.07) is 0.386. The van der Waals surface area contributed by atoms with Gasteiger partial charge in [0, 0.05) is 19.1 Å². The summed E-state index contributed by atoms with van der Waals surface area (Å²) in [7, 11) is 1.69. The summed E-state index contributed by atoms with van der Waals surface area (Å²) in [5.74, 6) is 1.76. The van der Waals surface area contributed by atoms with Gasteiger partial charge in [0.25, 0.3) is 0 Å². The van der Waals surface area contributed by atoms with Crippen LogP contribution in [0.1, 0.15) is 13.8 Å². The average molecular weight is 268 g/mol. The summed E-state index contributed by atoms with van der Waals surface area (Å²) >= 11 is 1.77. The highest BCUT2D eigenvalue weighted by molar-refractivity contribution is 8.14. The number of anilines is 1. The molecular formula is C12H20N4OS. The number of methoxy groups -OCH3 is 1. The van der Waals surface area contributed by atoms with Gasteiger partial charge in [0.2, 0.25) is 0 Å². The van der Waals surface area contributed by atoms with E-state index in [1.165, 1.54) is 0 Å². The molecule has 1 aromatic heterocycles. The van der Waals surface area contributed by atoms with Crippen LogP contribution >= 0.6 is 11.8 Å². The van der Waals surface area contributed by atoms with E-state index in [1.807, 2.05) is 17.1 Å². The first-order valence-corrected chi connectivity index (χ1v) is 7.16. The van der Waals surface area contributed by atoms with Gasteiger partial charge in [0.15, 0.2) is 5.17 Å². The lowest BCUT2D eigenvalue weighted by Crippen LogP contribution is -2.25. The normalized spacial score (nSPS) is 23.8. The fourth-order valence-electron chi connectivity index (χ4n) is 1.63. The second kappa shape index (κ2) is 6.24. The predicted octanol–water partition coefficient (Wildman–Crippen LogP) is 2.07. The van der Waals surface area contributed by atoms with Crippen LogP contribution in [0, 0.1) is 5.92 Å². The van der Waals surface area contributed by atoms with Crippen LogP contribution < -0.4 is 5.32 Å². The first kappa shape index (κ1) is 13.4. The van der Waals surface area contributed by atoms with Crippen molar-refractivity contribution in [2.24, 2.45) is 10.9 Å². The van der Waals surface area contributed by atoms with E-state index < -0.39 is 0 Å². The topological polar surface area (TPSA) is 51.4 Å². The number of aliphatic imine (C=N–C) groups is 1. The summed E-state index contributed by atoms with van der Waals surface area (Å²) in [5.41, 5.74) is 0.985. The van der Waals surface area contributed by atoms with E-state index in [9.17, 15) is 0 Å². The molecule has 0 bridgehead atoms. The van der Waals surface area contributed by atoms with Gasteiger partial charge in [-0.25, -0.2) is 0 Å². The molecule has 5 nitrogen and oxygen atoms in total. The molecule has 0 aliphatic carbocycles. The van der Waals surface area contributed by atoms with Crippen molar-refractivity contribution in [2.75, 3.05) is 24.8 Å². The van der Waals surface area contributed by atoms with Crippen LogP contribution in [0.4, 0.5) is 5.69 Å². The van der Waals surface area contributed by atoms with Crippen molar-refractivity contribution in [1.82, 2.24) is 9.78 Å². The van der Waals surface area contributed by atoms with E-state index in [0.717, 1.165) is 23.2 Å². The van der Waals surface area contributed by atoms with Gasteiger partial charge in [-0.1, -0.05) is 18.7 Å². The third-order valence-electron chi connectivity index (χ3n) is 3.04. The molecule has 0 saturated carbocycles. The fraction of sp³-hybridized carbons (Fsp3) is 0.667. The lowest BCUT2D eigenvalue weighted by molar-refractivity contribution is 0.183. The molecule has 18 heavy (non-hydrogen) atoms. The molecule has 6 heteroatoms. The third kappa shape index (κ3) is 3.49. The number of nitrogens with zero attached hydrogens (tertiary/aromatic N) is 3. The molecule has 1 aliphatic rings. The summed E-state index contributed by atoms with van der Waals surface area (Å²) < 4.78 is 6.89. The van der Waals surface area contributed by atoms with Gasteiger partial charge in [-0.05, 0) is 12.8 Å². The van der Waals surface area contributed by atoms with Crippen LogP contribution in [0.15, 0.2) is 17.4 Å². The van der Waals surface area contributed by atoms with Crippen molar-refractivity contribution in [2.45, 2.75) is 26.4 Å². The third-order valence-corrected chi connectivity index (χ3v) is 4.21. The van der Waals surface area contributed by atoms with Gasteiger partial charge in [-0.3, -0.25) is 9.67 Å². The molecule has 2 unspecified atom stereocenters. The number of aromatic nitrogens is 2. The van der Waals surface area contributed by atoms with Crippen molar-refractivity contribution in [1.29, 1.82) is 0 Å². The Bertz CT molecular complexity index is 418. The molecule has 1 N–H and O–H groups in total. The van der Waals surface area contributed by atoms with E-state index in [4.69, 9.17) is 4.74 Å². The zero-order chi connectivity index (χ0) is 13.0. The standard InChI is InChI=1S/C12H20N4OS/c1-9-8-18-12(14-10(9)2)15-11-6-13-16(7-11)4-5-17-3/h6-7,9-10H,4-5,8H2,1-3H3,(H,14,15). The van der Waals surface area contributed by atoms with Crippen molar-refractivity contribution >= 4 is 22.6 Å². The molecule has 0 spiro atoms. The zero-order valence-corrected chi connectivity index (χ0v) is 11.9. The Morgan fingerprint density at radius 3 is 3.11 bits per heavy atom. The van der Waals surface area contributed by atoms with Crippen molar-refractivity contribution < 1.29 is 4.74 Å². The Balaban J connectivity index is 1.93. The highest BCUT2D eigenvalue weighted by Gasteiger charge is 2.19. The second-order valence-electron chi connectivity index (χ2n) is 4.57. The fourth-order valence-corrected chi connectivity index (χ4v) is 2.76. The van der Waals surface area contributed by atoms with Crippen LogP contribution in [0.3, 0.4) is 0 Å². The van der Waals surface area contributed by atoms with Crippen LogP contribution in [-0.4, -0.2) is 40.5 Å². The van der Waals surface area contributed by atoms with Crippen LogP contribution in [0.2, 0.25) is 0 Å². The predicted molar refractivity (Wildman–Crippen MR) is 76.2 cm³/mol. The summed E-state index contributed by atoms with van der Waals surface area (Å²) in [6.07, 6.45) is 3.80. The van der Waals surface area contributed by atoms with Crippen LogP contribution in [0.25, 0.3) is 0 Å². The molecule has 2 atom stereocenters. The van der Waals surface area contributed by atoms with Crippen LogP contribution in [0.5, 0.6) is 0 Å². The zero-order valence-electron chi connectivity index (χ0n) is 11.1. The quantitative estimate of drug-likeness (QED) is 0.908. The number of nitrogens with one attached hydrogen (secondary N) is 1. The minimum atomic E-state index is 0.386. The Labute approximate surface area is 112 Å². The number of amidine groups is 1. The maximum atomic E-state index is 5.02. The van der Waals surface area contributed by atoms with E-state index in [1.54, 1.807) is 18.9 Å². The van der Waals surface area contributed by atoms with Gasteiger partial charge in [0.05, 0.1) is 31.1 Å². The number of ether oxygens (including phenoxy) is 1. The molecule has 2 heterocycles. The van der Waals surface area contributed by atoms with E-state index in [0.29, 0.717) is 18.6 Å². The number of rotatable bonds is 4. The molecule has 2 rings (SSSR count). The molecule has 100 valence electrons. The lowest BCUT2D eigenvalue weighted by atomic mass is 10.1. The lowest BCUT2D eigenvalue weighted by Gasteiger charge is -2.23. The largest absolute Gasteiger partial charge is 0.383 e. The first-order valence-electron chi connectivity index (χ1n) is 6.18. The summed E-state index contributed by atoms with van der Waals surface area (Å²) in [5, 5.41) is 8.57. The minimum Gasteiger partial charge on any atom is -0.383 e. The Hall–Kier alpha value is -1.01. The Morgan fingerprint density at radius 2 is 2.39 bits per heavy atom. The molecule has 0 fully saturated rings. The highest BCUT2D eigenvalue weighted by Crippen LogP contribution is 2.23. The van der Waals surface area contributed by atoms with Crippen molar-refractivity contribution in [3.63, 3.8) is 0 Å². The Kier molecular flexibility index (Phi) is 4.66. The van der Waals surface area contributed by atoms with Gasteiger partial charge < -0.3 is 10.1 Å². The van der Waals surface area contributed by atoms with E-state index in [-0.39, 0.29) is 0 Å². The van der Waals surface area contributed by atoms with Crippen LogP contribution in [-0.2, 0) is 11.3 Å². The van der Waals surface area contributed by atoms with Crippen molar-refractivity contribution in [3.05, 3.63) is 12.4 Å². The molecule has 1 aromatic rings. The number of hydrogen-bond donors (Lipinski definition) is 1. The van der Waals surface area contributed by atoms with Gasteiger partial charge in [0.1, 0.15) is 0 Å². The van der Waals surface area contributed by atoms with E-state index in [2.05, 4.69) is 29.3 Å². The second-order valence-corrected chi connectivity index (χ2v) is 5.58. The highest BCUT2D eigenvalue weighted by atomic mass is 32.2. The number of thioether (sulfide) groups is 1. The average Bonchev–Trinajstić information content (AvgIpc) is 2.79. The molecule has 1 aliphatic heterocycles. The maximum absolute atomic E-state index is 5.02.